The number of hydrogen-bond donors (Lipinski definition) is 1. The Kier molecular flexibility index (Phi) is 7.54. The second-order valence-corrected chi connectivity index (χ2v) is 3.88. The molecule has 16 heavy (non-hydrogen) atoms. The first-order chi connectivity index (χ1) is 7.49. The molecule has 0 saturated carbocycles. The fourth-order valence-corrected chi connectivity index (χ4v) is 1.19. The van der Waals surface area contributed by atoms with Crippen molar-refractivity contribution >= 4 is 11.9 Å². The number of carboxylic acids is 1. The summed E-state index contributed by atoms with van der Waals surface area (Å²) >= 11 is 0. The molecule has 1 N–H and O–H groups in total. The molecular formula is C11H21NO4. The minimum absolute atomic E-state index is 0.0794. The predicted octanol–water partition coefficient (Wildman–Crippen LogP) is 0.982. The quantitative estimate of drug-likeness (QED) is 0.632. The van der Waals surface area contributed by atoms with Gasteiger partial charge in [0, 0.05) is 20.2 Å². The van der Waals surface area contributed by atoms with Crippen LogP contribution < -0.4 is 0 Å². The Bertz CT molecular complexity index is 230. The highest BCUT2D eigenvalue weighted by Gasteiger charge is 2.16. The van der Waals surface area contributed by atoms with Gasteiger partial charge in [-0.1, -0.05) is 13.8 Å². The van der Waals surface area contributed by atoms with E-state index < -0.39 is 11.9 Å². The Morgan fingerprint density at radius 2 is 2.00 bits per heavy atom. The average Bonchev–Trinajstić information content (AvgIpc) is 2.23. The van der Waals surface area contributed by atoms with Crippen LogP contribution in [0, 0.1) is 5.92 Å². The Hall–Kier alpha value is -1.10. The van der Waals surface area contributed by atoms with Gasteiger partial charge in [-0.15, -0.1) is 0 Å². The zero-order valence-corrected chi connectivity index (χ0v) is 10.2. The highest BCUT2D eigenvalue weighted by atomic mass is 16.5. The minimum Gasteiger partial charge on any atom is -0.481 e. The van der Waals surface area contributed by atoms with Crippen molar-refractivity contribution in [3.63, 3.8) is 0 Å². The zero-order chi connectivity index (χ0) is 12.6. The molecule has 1 unspecified atom stereocenters. The first kappa shape index (κ1) is 14.9. The molecule has 0 aromatic carbocycles. The minimum atomic E-state index is -0.887. The van der Waals surface area contributed by atoms with Gasteiger partial charge < -0.3 is 14.7 Å². The van der Waals surface area contributed by atoms with Gasteiger partial charge in [0.05, 0.1) is 18.9 Å². The van der Waals surface area contributed by atoms with Crippen molar-refractivity contribution in [3.8, 4) is 0 Å². The van der Waals surface area contributed by atoms with Crippen molar-refractivity contribution in [1.82, 2.24) is 4.90 Å². The maximum Gasteiger partial charge on any atom is 0.308 e. The molecular weight excluding hydrogens is 210 g/mol. The van der Waals surface area contributed by atoms with Crippen LogP contribution in [0.1, 0.15) is 26.7 Å². The first-order valence-corrected chi connectivity index (χ1v) is 5.53. The topological polar surface area (TPSA) is 66.8 Å². The van der Waals surface area contributed by atoms with Crippen molar-refractivity contribution in [2.75, 3.05) is 26.8 Å². The summed E-state index contributed by atoms with van der Waals surface area (Å²) in [5, 5.41) is 8.70. The second-order valence-electron chi connectivity index (χ2n) is 3.88. The summed E-state index contributed by atoms with van der Waals surface area (Å²) in [6, 6.07) is 0. The summed E-state index contributed by atoms with van der Waals surface area (Å²) in [7, 11) is 1.61. The average molecular weight is 231 g/mol. The van der Waals surface area contributed by atoms with Crippen LogP contribution in [-0.2, 0) is 14.3 Å². The SMILES string of the molecule is CCCOCCC(=O)N(C)CC(C)C(=O)O. The van der Waals surface area contributed by atoms with E-state index in [1.165, 1.54) is 4.90 Å². The van der Waals surface area contributed by atoms with Gasteiger partial charge in [0.25, 0.3) is 0 Å². The molecule has 5 nitrogen and oxygen atoms in total. The molecule has 0 spiro atoms. The molecule has 0 heterocycles. The van der Waals surface area contributed by atoms with E-state index in [4.69, 9.17) is 9.84 Å². The molecule has 0 aromatic heterocycles. The van der Waals surface area contributed by atoms with Crippen LogP contribution in [0.4, 0.5) is 0 Å². The monoisotopic (exact) mass is 231 g/mol. The van der Waals surface area contributed by atoms with E-state index in [2.05, 4.69) is 0 Å². The molecule has 0 aromatic rings. The van der Waals surface area contributed by atoms with E-state index in [-0.39, 0.29) is 12.5 Å². The largest absolute Gasteiger partial charge is 0.481 e. The lowest BCUT2D eigenvalue weighted by Gasteiger charge is -2.19. The van der Waals surface area contributed by atoms with Gasteiger partial charge in [0.15, 0.2) is 0 Å². The predicted molar refractivity (Wildman–Crippen MR) is 60.2 cm³/mol. The lowest BCUT2D eigenvalue weighted by molar-refractivity contribution is -0.142. The third-order valence-electron chi connectivity index (χ3n) is 2.20. The van der Waals surface area contributed by atoms with Crippen molar-refractivity contribution in [1.29, 1.82) is 0 Å². The van der Waals surface area contributed by atoms with Gasteiger partial charge in [-0.25, -0.2) is 0 Å². The number of hydrogen-bond acceptors (Lipinski definition) is 3. The van der Waals surface area contributed by atoms with Crippen molar-refractivity contribution in [2.45, 2.75) is 26.7 Å². The van der Waals surface area contributed by atoms with Crippen LogP contribution in [0.3, 0.4) is 0 Å². The van der Waals surface area contributed by atoms with E-state index in [9.17, 15) is 9.59 Å². The summed E-state index contributed by atoms with van der Waals surface area (Å²) in [6.07, 6.45) is 1.24. The fourth-order valence-electron chi connectivity index (χ4n) is 1.19. The Morgan fingerprint density at radius 1 is 1.38 bits per heavy atom. The first-order valence-electron chi connectivity index (χ1n) is 5.53. The number of carboxylic acid groups (broad SMARTS) is 1. The number of ether oxygens (including phenoxy) is 1. The number of nitrogens with zero attached hydrogens (tertiary/aromatic N) is 1. The van der Waals surface area contributed by atoms with Crippen LogP contribution in [0.2, 0.25) is 0 Å². The lowest BCUT2D eigenvalue weighted by atomic mass is 10.2. The van der Waals surface area contributed by atoms with Crippen LogP contribution in [-0.4, -0.2) is 48.7 Å². The zero-order valence-electron chi connectivity index (χ0n) is 10.2. The van der Waals surface area contributed by atoms with E-state index >= 15 is 0 Å². The number of carbonyl (C=O) groups excluding carboxylic acids is 1. The van der Waals surface area contributed by atoms with Crippen LogP contribution in [0.5, 0.6) is 0 Å². The summed E-state index contributed by atoms with van der Waals surface area (Å²) in [4.78, 5) is 23.5. The summed E-state index contributed by atoms with van der Waals surface area (Å²) in [5.41, 5.74) is 0. The number of rotatable bonds is 8. The molecule has 0 radical (unpaired) electrons. The maximum atomic E-state index is 11.5. The number of aliphatic carboxylic acids is 1. The van der Waals surface area contributed by atoms with E-state index in [0.717, 1.165) is 6.42 Å². The molecule has 0 bridgehead atoms. The van der Waals surface area contributed by atoms with Crippen molar-refractivity contribution < 1.29 is 19.4 Å². The molecule has 1 amide bonds. The molecule has 0 saturated heterocycles. The normalized spacial score (nSPS) is 12.2. The van der Waals surface area contributed by atoms with Gasteiger partial charge in [0.1, 0.15) is 0 Å². The van der Waals surface area contributed by atoms with Gasteiger partial charge in [-0.05, 0) is 6.42 Å². The molecule has 0 fully saturated rings. The molecule has 0 rings (SSSR count). The maximum absolute atomic E-state index is 11.5. The van der Waals surface area contributed by atoms with Crippen LogP contribution in [0.15, 0.2) is 0 Å². The van der Waals surface area contributed by atoms with Crippen molar-refractivity contribution in [2.24, 2.45) is 5.92 Å². The number of amides is 1. The van der Waals surface area contributed by atoms with E-state index in [1.54, 1.807) is 14.0 Å². The summed E-state index contributed by atoms with van der Waals surface area (Å²) in [5.74, 6) is -1.50. The highest BCUT2D eigenvalue weighted by Crippen LogP contribution is 2.00. The summed E-state index contributed by atoms with van der Waals surface area (Å²) in [6.45, 7) is 4.88. The lowest BCUT2D eigenvalue weighted by Crippen LogP contribution is -2.34. The standard InChI is InChI=1S/C11H21NO4/c1-4-6-16-7-5-10(13)12(3)8-9(2)11(14)15/h9H,4-8H2,1-3H3,(H,14,15). The van der Waals surface area contributed by atoms with Crippen molar-refractivity contribution in [3.05, 3.63) is 0 Å². The molecule has 94 valence electrons. The van der Waals surface area contributed by atoms with E-state index in [0.29, 0.717) is 19.6 Å². The molecule has 0 aliphatic rings. The Morgan fingerprint density at radius 3 is 2.50 bits per heavy atom. The molecule has 5 heteroatoms. The van der Waals surface area contributed by atoms with Crippen LogP contribution in [0.25, 0.3) is 0 Å². The van der Waals surface area contributed by atoms with Gasteiger partial charge in [-0.3, -0.25) is 9.59 Å². The molecule has 0 aliphatic carbocycles. The number of carbonyl (C=O) groups is 2. The van der Waals surface area contributed by atoms with Gasteiger partial charge >= 0.3 is 5.97 Å². The van der Waals surface area contributed by atoms with Gasteiger partial charge in [0.2, 0.25) is 5.91 Å². The third-order valence-corrected chi connectivity index (χ3v) is 2.20. The molecule has 0 aliphatic heterocycles. The second kappa shape index (κ2) is 8.10. The van der Waals surface area contributed by atoms with Gasteiger partial charge in [-0.2, -0.15) is 0 Å². The summed E-state index contributed by atoms with van der Waals surface area (Å²) < 4.78 is 5.19. The highest BCUT2D eigenvalue weighted by molar-refractivity contribution is 5.77. The molecule has 1 atom stereocenters. The van der Waals surface area contributed by atoms with E-state index in [1.807, 2.05) is 6.92 Å². The smallest absolute Gasteiger partial charge is 0.308 e. The third kappa shape index (κ3) is 6.40. The Balaban J connectivity index is 3.77. The fraction of sp³-hybridized carbons (Fsp3) is 0.818. The Labute approximate surface area is 96.4 Å². The van der Waals surface area contributed by atoms with Crippen LogP contribution >= 0.6 is 0 Å².